The number of ether oxygens (including phenoxy) is 1. The summed E-state index contributed by atoms with van der Waals surface area (Å²) in [4.78, 5) is 24.5. The van der Waals surface area contributed by atoms with E-state index in [2.05, 4.69) is 27.4 Å². The Morgan fingerprint density at radius 1 is 1.26 bits per heavy atom. The van der Waals surface area contributed by atoms with Crippen LogP contribution in [0.4, 0.5) is 5.69 Å². The fraction of sp³-hybridized carbons (Fsp3) is 0.238. The number of aromatic nitrogens is 3. The molecule has 31 heavy (non-hydrogen) atoms. The molecule has 0 aliphatic heterocycles. The molecule has 0 bridgehead atoms. The first-order chi connectivity index (χ1) is 15.1. The van der Waals surface area contributed by atoms with Crippen LogP contribution in [0.3, 0.4) is 0 Å². The summed E-state index contributed by atoms with van der Waals surface area (Å²) in [6.07, 6.45) is 3.13. The largest absolute Gasteiger partial charge is 0.492 e. The lowest BCUT2D eigenvalue weighted by Gasteiger charge is -2.11. The number of hydrogen-bond acceptors (Lipinski definition) is 7. The molecule has 3 rings (SSSR count). The van der Waals surface area contributed by atoms with Gasteiger partial charge >= 0.3 is 0 Å². The molecule has 0 aliphatic rings. The first kappa shape index (κ1) is 22.2. The zero-order chi connectivity index (χ0) is 22.1. The minimum atomic E-state index is -0.348. The smallest absolute Gasteiger partial charge is 0.287 e. The Kier molecular flexibility index (Phi) is 7.88. The molecule has 0 spiro atoms. The van der Waals surface area contributed by atoms with Gasteiger partial charge in [0.05, 0.1) is 30.9 Å². The molecule has 2 amide bonds. The van der Waals surface area contributed by atoms with E-state index in [4.69, 9.17) is 9.15 Å². The molecule has 3 aromatic rings. The number of nitrogens with zero attached hydrogens (tertiary/aromatic N) is 3. The van der Waals surface area contributed by atoms with Crippen molar-refractivity contribution in [1.29, 1.82) is 0 Å². The van der Waals surface area contributed by atoms with Gasteiger partial charge in [0, 0.05) is 6.54 Å². The molecule has 2 aromatic heterocycles. The quantitative estimate of drug-likeness (QED) is 0.347. The second-order valence-corrected chi connectivity index (χ2v) is 7.17. The zero-order valence-corrected chi connectivity index (χ0v) is 17.9. The van der Waals surface area contributed by atoms with Gasteiger partial charge in [-0.15, -0.1) is 16.8 Å². The summed E-state index contributed by atoms with van der Waals surface area (Å²) in [6, 6.07) is 10.5. The Labute approximate surface area is 183 Å². The normalized spacial score (nSPS) is 10.5. The van der Waals surface area contributed by atoms with Crippen molar-refractivity contribution in [3.63, 3.8) is 0 Å². The lowest BCUT2D eigenvalue weighted by molar-refractivity contribution is -0.113. The average molecular weight is 442 g/mol. The van der Waals surface area contributed by atoms with Crippen molar-refractivity contribution in [3.05, 3.63) is 66.9 Å². The van der Waals surface area contributed by atoms with Crippen LogP contribution in [0.15, 0.2) is 64.9 Å². The van der Waals surface area contributed by atoms with Crippen molar-refractivity contribution in [2.45, 2.75) is 25.2 Å². The SMILES string of the molecule is C=CCn1c(CNC(=O)c2ccco2)nnc1SCC(=O)Nc1ccccc1OCC. The third-order valence-electron chi connectivity index (χ3n) is 4.05. The number of hydrogen-bond donors (Lipinski definition) is 2. The van der Waals surface area contributed by atoms with Crippen molar-refractivity contribution in [3.8, 4) is 5.75 Å². The molecule has 1 aromatic carbocycles. The van der Waals surface area contributed by atoms with Crippen LogP contribution >= 0.6 is 11.8 Å². The molecule has 10 heteroatoms. The number of furan rings is 1. The van der Waals surface area contributed by atoms with Gasteiger partial charge in [-0.25, -0.2) is 0 Å². The van der Waals surface area contributed by atoms with Crippen molar-refractivity contribution in [2.24, 2.45) is 0 Å². The molecule has 0 fully saturated rings. The van der Waals surface area contributed by atoms with Crippen LogP contribution in [0.25, 0.3) is 0 Å². The number of anilines is 1. The third kappa shape index (κ3) is 5.98. The van der Waals surface area contributed by atoms with Crippen LogP contribution in [-0.4, -0.2) is 38.9 Å². The van der Waals surface area contributed by atoms with Gasteiger partial charge in [-0.2, -0.15) is 0 Å². The van der Waals surface area contributed by atoms with Crippen molar-refractivity contribution < 1.29 is 18.7 Å². The summed E-state index contributed by atoms with van der Waals surface area (Å²) >= 11 is 1.24. The summed E-state index contributed by atoms with van der Waals surface area (Å²) in [5.41, 5.74) is 0.615. The molecule has 0 aliphatic carbocycles. The van der Waals surface area contributed by atoms with Crippen LogP contribution < -0.4 is 15.4 Å². The lowest BCUT2D eigenvalue weighted by atomic mass is 10.3. The predicted molar refractivity (Wildman–Crippen MR) is 117 cm³/mol. The average Bonchev–Trinajstić information content (AvgIpc) is 3.43. The highest BCUT2D eigenvalue weighted by atomic mass is 32.2. The highest BCUT2D eigenvalue weighted by Crippen LogP contribution is 2.24. The van der Waals surface area contributed by atoms with E-state index in [-0.39, 0.29) is 29.9 Å². The standard InChI is InChI=1S/C21H23N5O4S/c1-3-11-26-18(13-22-20(28)17-10-7-12-30-17)24-25-21(26)31-14-19(27)23-15-8-5-6-9-16(15)29-4-2/h3,5-10,12H,1,4,11,13-14H2,2H3,(H,22,28)(H,23,27). The number of allylic oxidation sites excluding steroid dienone is 1. The number of rotatable bonds is 11. The molecular formula is C21H23N5O4S. The number of carbonyl (C=O) groups is 2. The minimum absolute atomic E-state index is 0.133. The number of nitrogens with one attached hydrogen (secondary N) is 2. The fourth-order valence-electron chi connectivity index (χ4n) is 2.69. The number of benzene rings is 1. The Balaban J connectivity index is 1.60. The number of thioether (sulfide) groups is 1. The van der Waals surface area contributed by atoms with E-state index in [9.17, 15) is 9.59 Å². The molecule has 162 valence electrons. The van der Waals surface area contributed by atoms with E-state index in [0.717, 1.165) is 0 Å². The second-order valence-electron chi connectivity index (χ2n) is 6.22. The topological polar surface area (TPSA) is 111 Å². The molecule has 0 unspecified atom stereocenters. The predicted octanol–water partition coefficient (Wildman–Crippen LogP) is 3.12. The maximum absolute atomic E-state index is 12.4. The summed E-state index contributed by atoms with van der Waals surface area (Å²) < 4.78 is 12.4. The zero-order valence-electron chi connectivity index (χ0n) is 17.0. The molecule has 2 heterocycles. The van der Waals surface area contributed by atoms with Crippen molar-refractivity contribution >= 4 is 29.3 Å². The monoisotopic (exact) mass is 441 g/mol. The van der Waals surface area contributed by atoms with Crippen molar-refractivity contribution in [1.82, 2.24) is 20.1 Å². The molecule has 0 atom stereocenters. The maximum atomic E-state index is 12.4. The summed E-state index contributed by atoms with van der Waals surface area (Å²) in [7, 11) is 0. The van der Waals surface area contributed by atoms with E-state index in [1.54, 1.807) is 34.9 Å². The van der Waals surface area contributed by atoms with Gasteiger partial charge in [-0.3, -0.25) is 9.59 Å². The fourth-order valence-corrected chi connectivity index (χ4v) is 3.46. The highest BCUT2D eigenvalue weighted by molar-refractivity contribution is 7.99. The van der Waals surface area contributed by atoms with Crippen LogP contribution in [0, 0.1) is 0 Å². The first-order valence-corrected chi connectivity index (χ1v) is 10.6. The molecule has 2 N–H and O–H groups in total. The van der Waals surface area contributed by atoms with Gasteiger partial charge in [0.15, 0.2) is 16.7 Å². The van der Waals surface area contributed by atoms with Gasteiger partial charge in [0.1, 0.15) is 5.75 Å². The van der Waals surface area contributed by atoms with E-state index in [1.165, 1.54) is 18.0 Å². The lowest BCUT2D eigenvalue weighted by Crippen LogP contribution is -2.24. The Morgan fingerprint density at radius 3 is 2.84 bits per heavy atom. The van der Waals surface area contributed by atoms with E-state index >= 15 is 0 Å². The third-order valence-corrected chi connectivity index (χ3v) is 5.02. The van der Waals surface area contributed by atoms with Crippen LogP contribution in [0.1, 0.15) is 23.3 Å². The summed E-state index contributed by atoms with van der Waals surface area (Å²) in [6.45, 7) is 6.74. The Morgan fingerprint density at radius 2 is 2.10 bits per heavy atom. The molecule has 9 nitrogen and oxygen atoms in total. The summed E-state index contributed by atoms with van der Waals surface area (Å²) in [5, 5.41) is 14.4. The van der Waals surface area contributed by atoms with Crippen LogP contribution in [-0.2, 0) is 17.9 Å². The maximum Gasteiger partial charge on any atom is 0.287 e. The Hall–Kier alpha value is -3.53. The van der Waals surface area contributed by atoms with Gasteiger partial charge in [0.25, 0.3) is 5.91 Å². The van der Waals surface area contributed by atoms with Crippen LogP contribution in [0.5, 0.6) is 5.75 Å². The minimum Gasteiger partial charge on any atom is -0.492 e. The van der Waals surface area contributed by atoms with Crippen LogP contribution in [0.2, 0.25) is 0 Å². The summed E-state index contributed by atoms with van der Waals surface area (Å²) in [5.74, 6) is 0.970. The molecule has 0 saturated heterocycles. The van der Waals surface area contributed by atoms with Gasteiger partial charge < -0.3 is 24.4 Å². The number of amides is 2. The highest BCUT2D eigenvalue weighted by Gasteiger charge is 2.16. The van der Waals surface area contributed by atoms with Gasteiger partial charge in [-0.1, -0.05) is 30.0 Å². The van der Waals surface area contributed by atoms with E-state index < -0.39 is 0 Å². The van der Waals surface area contributed by atoms with Gasteiger partial charge in [0.2, 0.25) is 5.91 Å². The first-order valence-electron chi connectivity index (χ1n) is 9.61. The Bertz CT molecular complexity index is 1030. The number of carbonyl (C=O) groups excluding carboxylic acids is 2. The molecular weight excluding hydrogens is 418 g/mol. The second kappa shape index (κ2) is 11.0. The number of para-hydroxylation sites is 2. The van der Waals surface area contributed by atoms with E-state index in [1.807, 2.05) is 19.1 Å². The molecule has 0 radical (unpaired) electrons. The van der Waals surface area contributed by atoms with Crippen molar-refractivity contribution in [2.75, 3.05) is 17.7 Å². The van der Waals surface area contributed by atoms with Gasteiger partial charge in [-0.05, 0) is 31.2 Å². The van der Waals surface area contributed by atoms with E-state index in [0.29, 0.717) is 35.6 Å². The molecule has 0 saturated carbocycles.